The van der Waals surface area contributed by atoms with Crippen LogP contribution in [0.4, 0.5) is 10.5 Å². The molecule has 0 saturated heterocycles. The van der Waals surface area contributed by atoms with Crippen LogP contribution in [-0.4, -0.2) is 32.1 Å². The van der Waals surface area contributed by atoms with Crippen molar-refractivity contribution in [1.82, 2.24) is 19.8 Å². The summed E-state index contributed by atoms with van der Waals surface area (Å²) in [6.45, 7) is -0.303. The summed E-state index contributed by atoms with van der Waals surface area (Å²) in [6, 6.07) is 21.1. The second-order valence-corrected chi connectivity index (χ2v) is 8.89. The van der Waals surface area contributed by atoms with E-state index in [9.17, 15) is 29.1 Å². The van der Waals surface area contributed by atoms with Crippen LogP contribution in [0.15, 0.2) is 88.5 Å². The Morgan fingerprint density at radius 1 is 0.923 bits per heavy atom. The van der Waals surface area contributed by atoms with E-state index in [2.05, 4.69) is 16.0 Å². The predicted octanol–water partition coefficient (Wildman–Crippen LogP) is 2.35. The average Bonchev–Trinajstić information content (AvgIpc) is 2.93. The van der Waals surface area contributed by atoms with Crippen LogP contribution >= 0.6 is 0 Å². The summed E-state index contributed by atoms with van der Waals surface area (Å²) in [6.07, 6.45) is -0.373. The van der Waals surface area contributed by atoms with Gasteiger partial charge >= 0.3 is 17.7 Å². The number of hydrogen-bond donors (Lipinski definition) is 4. The SMILES string of the molecule is Cn1c(=O)n(CC(=O)N[C@H](CC(=O)O)c2ccccc2)c(=O)c2cc(NC(=O)NCc3ccccc3)ccc21. The summed E-state index contributed by atoms with van der Waals surface area (Å²) in [5, 5.41) is 17.4. The number of benzene rings is 3. The molecular weight excluding hydrogens is 502 g/mol. The summed E-state index contributed by atoms with van der Waals surface area (Å²) >= 11 is 0. The Morgan fingerprint density at radius 2 is 1.59 bits per heavy atom. The molecule has 1 heterocycles. The lowest BCUT2D eigenvalue weighted by atomic mass is 10.0. The van der Waals surface area contributed by atoms with Gasteiger partial charge in [0.05, 0.1) is 23.4 Å². The standard InChI is InChI=1S/C28H27N5O6/c1-32-23-13-12-20(30-27(38)29-16-18-8-4-2-5-9-18)14-21(23)26(37)33(28(32)39)17-24(34)31-22(15-25(35)36)19-10-6-3-7-11-19/h2-14,22H,15-17H2,1H3,(H,31,34)(H,35,36)(H2,29,30,38)/t22-/m1/s1. The Balaban J connectivity index is 1.55. The Morgan fingerprint density at radius 3 is 2.26 bits per heavy atom. The van der Waals surface area contributed by atoms with Crippen molar-refractivity contribution < 1.29 is 19.5 Å². The summed E-state index contributed by atoms with van der Waals surface area (Å²) in [5.41, 5.74) is 0.716. The molecule has 1 atom stereocenters. The molecule has 4 N–H and O–H groups in total. The number of carbonyl (C=O) groups excluding carboxylic acids is 2. The fourth-order valence-corrected chi connectivity index (χ4v) is 4.18. The quantitative estimate of drug-likeness (QED) is 0.261. The van der Waals surface area contributed by atoms with Gasteiger partial charge in [-0.3, -0.25) is 23.5 Å². The third-order valence-electron chi connectivity index (χ3n) is 6.12. The van der Waals surface area contributed by atoms with Crippen molar-refractivity contribution >= 4 is 34.5 Å². The molecule has 0 unspecified atom stereocenters. The van der Waals surface area contributed by atoms with Gasteiger partial charge in [0.25, 0.3) is 5.56 Å². The number of aromatic nitrogens is 2. The first-order chi connectivity index (χ1) is 18.7. The number of amides is 3. The minimum absolute atomic E-state index is 0.121. The Kier molecular flexibility index (Phi) is 8.20. The van der Waals surface area contributed by atoms with Crippen LogP contribution in [0.1, 0.15) is 23.6 Å². The zero-order chi connectivity index (χ0) is 27.9. The third kappa shape index (κ3) is 6.58. The minimum atomic E-state index is -1.12. The first kappa shape index (κ1) is 26.9. The van der Waals surface area contributed by atoms with Crippen LogP contribution in [0.3, 0.4) is 0 Å². The molecule has 11 nitrogen and oxygen atoms in total. The Bertz CT molecular complexity index is 1630. The molecule has 0 bridgehead atoms. The lowest BCUT2D eigenvalue weighted by molar-refractivity contribution is -0.137. The molecule has 0 fully saturated rings. The molecule has 0 aliphatic carbocycles. The van der Waals surface area contributed by atoms with Crippen molar-refractivity contribution in [2.45, 2.75) is 25.6 Å². The van der Waals surface area contributed by atoms with Gasteiger partial charge in [-0.25, -0.2) is 9.59 Å². The lowest BCUT2D eigenvalue weighted by Gasteiger charge is -2.18. The first-order valence-corrected chi connectivity index (χ1v) is 12.1. The Hall–Kier alpha value is -5.19. The van der Waals surface area contributed by atoms with E-state index in [0.717, 1.165) is 10.1 Å². The maximum atomic E-state index is 13.3. The second-order valence-electron chi connectivity index (χ2n) is 8.89. The maximum absolute atomic E-state index is 13.3. The summed E-state index contributed by atoms with van der Waals surface area (Å²) in [7, 11) is 1.47. The van der Waals surface area contributed by atoms with Crippen LogP contribution < -0.4 is 27.2 Å². The number of nitrogens with one attached hydrogen (secondary N) is 3. The van der Waals surface area contributed by atoms with E-state index in [1.54, 1.807) is 36.4 Å². The number of aliphatic carboxylic acids is 1. The van der Waals surface area contributed by atoms with E-state index in [-0.39, 0.29) is 11.8 Å². The van der Waals surface area contributed by atoms with Crippen molar-refractivity contribution in [2.75, 3.05) is 5.32 Å². The smallest absolute Gasteiger partial charge is 0.331 e. The van der Waals surface area contributed by atoms with Gasteiger partial charge in [-0.1, -0.05) is 60.7 Å². The number of fused-ring (bicyclic) bond motifs is 1. The highest BCUT2D eigenvalue weighted by Gasteiger charge is 2.20. The number of rotatable bonds is 9. The number of anilines is 1. The van der Waals surface area contributed by atoms with Gasteiger partial charge in [0.2, 0.25) is 5.91 Å². The number of aryl methyl sites for hydroxylation is 1. The molecule has 39 heavy (non-hydrogen) atoms. The van der Waals surface area contributed by atoms with E-state index in [0.29, 0.717) is 23.3 Å². The third-order valence-corrected chi connectivity index (χ3v) is 6.12. The lowest BCUT2D eigenvalue weighted by Crippen LogP contribution is -2.44. The molecule has 0 aliphatic heterocycles. The van der Waals surface area contributed by atoms with Gasteiger partial charge in [0.15, 0.2) is 0 Å². The van der Waals surface area contributed by atoms with Crippen molar-refractivity contribution in [1.29, 1.82) is 0 Å². The summed E-state index contributed by atoms with van der Waals surface area (Å²) in [4.78, 5) is 62.8. The molecule has 11 heteroatoms. The normalized spacial score (nSPS) is 11.5. The number of carbonyl (C=O) groups is 3. The van der Waals surface area contributed by atoms with E-state index in [4.69, 9.17) is 0 Å². The molecule has 1 aromatic heterocycles. The highest BCUT2D eigenvalue weighted by Crippen LogP contribution is 2.17. The average molecular weight is 530 g/mol. The molecule has 0 spiro atoms. The molecule has 4 aromatic rings. The molecule has 3 amide bonds. The van der Waals surface area contributed by atoms with Crippen LogP contribution in [0.5, 0.6) is 0 Å². The first-order valence-electron chi connectivity index (χ1n) is 12.1. The molecular formula is C28H27N5O6. The van der Waals surface area contributed by atoms with E-state index >= 15 is 0 Å². The zero-order valence-electron chi connectivity index (χ0n) is 21.1. The number of carboxylic acids is 1. The monoisotopic (exact) mass is 529 g/mol. The van der Waals surface area contributed by atoms with Crippen molar-refractivity contribution in [2.24, 2.45) is 7.05 Å². The molecule has 0 radical (unpaired) electrons. The predicted molar refractivity (Wildman–Crippen MR) is 145 cm³/mol. The van der Waals surface area contributed by atoms with Crippen molar-refractivity contribution in [3.8, 4) is 0 Å². The van der Waals surface area contributed by atoms with E-state index in [1.807, 2.05) is 30.3 Å². The zero-order valence-corrected chi connectivity index (χ0v) is 21.1. The number of carboxylic acid groups (broad SMARTS) is 1. The van der Waals surface area contributed by atoms with Gasteiger partial charge in [-0.05, 0) is 29.3 Å². The topological polar surface area (TPSA) is 152 Å². The summed E-state index contributed by atoms with van der Waals surface area (Å²) < 4.78 is 2.01. The van der Waals surface area contributed by atoms with E-state index < -0.39 is 41.7 Å². The van der Waals surface area contributed by atoms with Crippen LogP contribution in [0.2, 0.25) is 0 Å². The van der Waals surface area contributed by atoms with Gasteiger partial charge < -0.3 is 21.1 Å². The highest BCUT2D eigenvalue weighted by atomic mass is 16.4. The minimum Gasteiger partial charge on any atom is -0.481 e. The van der Waals surface area contributed by atoms with Gasteiger partial charge in [0, 0.05) is 19.3 Å². The molecule has 200 valence electrons. The largest absolute Gasteiger partial charge is 0.481 e. The van der Waals surface area contributed by atoms with Crippen LogP contribution in [-0.2, 0) is 29.7 Å². The summed E-state index contributed by atoms with van der Waals surface area (Å²) in [5.74, 6) is -1.81. The molecule has 4 rings (SSSR count). The number of nitrogens with zero attached hydrogens (tertiary/aromatic N) is 2. The van der Waals surface area contributed by atoms with Crippen molar-refractivity contribution in [3.05, 3.63) is 111 Å². The number of urea groups is 1. The second kappa shape index (κ2) is 11.9. The van der Waals surface area contributed by atoms with Gasteiger partial charge in [0.1, 0.15) is 6.54 Å². The van der Waals surface area contributed by atoms with E-state index in [1.165, 1.54) is 23.7 Å². The Labute approximate surface area is 222 Å². The maximum Gasteiger partial charge on any atom is 0.331 e. The van der Waals surface area contributed by atoms with Gasteiger partial charge in [-0.2, -0.15) is 0 Å². The fourth-order valence-electron chi connectivity index (χ4n) is 4.18. The fraction of sp³-hybridized carbons (Fsp3) is 0.179. The highest BCUT2D eigenvalue weighted by molar-refractivity contribution is 5.92. The molecule has 3 aromatic carbocycles. The van der Waals surface area contributed by atoms with Crippen LogP contribution in [0.25, 0.3) is 10.9 Å². The number of hydrogen-bond acceptors (Lipinski definition) is 5. The molecule has 0 aliphatic rings. The molecule has 0 saturated carbocycles. The van der Waals surface area contributed by atoms with Crippen molar-refractivity contribution in [3.63, 3.8) is 0 Å². The van der Waals surface area contributed by atoms with Crippen LogP contribution in [0, 0.1) is 0 Å². The van der Waals surface area contributed by atoms with Gasteiger partial charge in [-0.15, -0.1) is 0 Å².